The van der Waals surface area contributed by atoms with Crippen molar-refractivity contribution < 1.29 is 9.53 Å². The molecule has 7 nitrogen and oxygen atoms in total. The summed E-state index contributed by atoms with van der Waals surface area (Å²) in [5.41, 5.74) is 3.67. The number of ether oxygens (including phenoxy) is 1. The van der Waals surface area contributed by atoms with E-state index in [-0.39, 0.29) is 17.4 Å². The maximum atomic E-state index is 12.6. The number of fused-ring (bicyclic) bond motifs is 1. The van der Waals surface area contributed by atoms with E-state index in [1.165, 1.54) is 0 Å². The second-order valence-corrected chi connectivity index (χ2v) is 10.3. The number of carbonyl (C=O) groups is 1. The second-order valence-electron chi connectivity index (χ2n) is 8.87. The standard InChI is InChI=1S/C32H25N5O2S2/c1-4-9-23-18-24(35-32(40)36-29(38)19-22-11-8-7-10-21(22)5-2)12-13-26(23)39-27-14-15-33-25-20-28(41-30(25)27)31-34-16-17-37(31)6-3/h2,4,9-18,20H,6,19H2,1,3H3,(H2,35,36,38,40)/b9-4-. The van der Waals surface area contributed by atoms with Gasteiger partial charge in [0.15, 0.2) is 5.11 Å². The molecule has 0 spiro atoms. The normalized spacial score (nSPS) is 10.8. The Morgan fingerprint density at radius 3 is 2.85 bits per heavy atom. The Hall–Kier alpha value is -4.96. The van der Waals surface area contributed by atoms with Gasteiger partial charge in [0, 0.05) is 54.1 Å². The fraction of sp³-hybridized carbons (Fsp3) is 0.125. The van der Waals surface area contributed by atoms with Crippen LogP contribution >= 0.6 is 23.6 Å². The number of terminal acetylenes is 1. The number of benzene rings is 1. The number of nitrogens with zero attached hydrogens (tertiary/aromatic N) is 3. The Kier molecular flexibility index (Phi) is 8.40. The minimum Gasteiger partial charge on any atom is -0.455 e. The topological polar surface area (TPSA) is 81.1 Å². The number of pyridine rings is 1. The van der Waals surface area contributed by atoms with Gasteiger partial charge < -0.3 is 19.9 Å². The van der Waals surface area contributed by atoms with E-state index in [0.717, 1.165) is 33.0 Å². The molecule has 0 unspecified atom stereocenters. The summed E-state index contributed by atoms with van der Waals surface area (Å²) in [6.45, 7) is 4.85. The van der Waals surface area contributed by atoms with Gasteiger partial charge in [-0.1, -0.05) is 30.2 Å². The number of hydrogen-bond acceptors (Lipinski definition) is 6. The Morgan fingerprint density at radius 2 is 2.05 bits per heavy atom. The number of hydrogen-bond donors (Lipinski definition) is 2. The number of thiophene rings is 1. The summed E-state index contributed by atoms with van der Waals surface area (Å²) in [6, 6.07) is 18.4. The van der Waals surface area contributed by atoms with Crippen LogP contribution < -0.4 is 15.4 Å². The van der Waals surface area contributed by atoms with Crippen LogP contribution in [0.4, 0.5) is 5.69 Å². The van der Waals surface area contributed by atoms with Crippen molar-refractivity contribution in [2.45, 2.75) is 26.8 Å². The number of thiocarbonyl (C=S) groups is 1. The highest BCUT2D eigenvalue weighted by Crippen LogP contribution is 2.39. The van der Waals surface area contributed by atoms with Crippen molar-refractivity contribution >= 4 is 56.6 Å². The summed E-state index contributed by atoms with van der Waals surface area (Å²) in [6.07, 6.45) is 15.0. The minimum atomic E-state index is -0.286. The molecule has 0 saturated carbocycles. The highest BCUT2D eigenvalue weighted by Gasteiger charge is 2.15. The zero-order valence-electron chi connectivity index (χ0n) is 22.4. The van der Waals surface area contributed by atoms with E-state index in [9.17, 15) is 4.79 Å². The highest BCUT2D eigenvalue weighted by molar-refractivity contribution is 7.80. The molecule has 3 aromatic heterocycles. The molecule has 0 saturated heterocycles. The van der Waals surface area contributed by atoms with Crippen molar-refractivity contribution in [3.63, 3.8) is 0 Å². The number of allylic oxidation sites excluding steroid dienone is 1. The lowest BCUT2D eigenvalue weighted by molar-refractivity contribution is -0.119. The van der Waals surface area contributed by atoms with E-state index in [1.54, 1.807) is 35.9 Å². The molecule has 0 aliphatic heterocycles. The van der Waals surface area contributed by atoms with Crippen molar-refractivity contribution in [2.24, 2.45) is 0 Å². The first kappa shape index (κ1) is 27.6. The van der Waals surface area contributed by atoms with Gasteiger partial charge >= 0.3 is 0 Å². The van der Waals surface area contributed by atoms with E-state index in [0.29, 0.717) is 28.3 Å². The summed E-state index contributed by atoms with van der Waals surface area (Å²) in [4.78, 5) is 22.7. The van der Waals surface area contributed by atoms with Crippen molar-refractivity contribution in [2.75, 3.05) is 5.32 Å². The molecule has 0 bridgehead atoms. The van der Waals surface area contributed by atoms with E-state index >= 15 is 0 Å². The SMILES string of the molecule is C#Cc1cc#ccc1CC(=O)NC(=S)Nc1ccc(Oc2ccnc3cc(-c4nccn4CC)sc23)c(/C=C\C)c1. The van der Waals surface area contributed by atoms with Crippen LogP contribution in [-0.2, 0) is 17.8 Å². The summed E-state index contributed by atoms with van der Waals surface area (Å²) < 4.78 is 9.45. The van der Waals surface area contributed by atoms with Crippen LogP contribution in [-0.4, -0.2) is 25.6 Å². The van der Waals surface area contributed by atoms with E-state index in [4.69, 9.17) is 23.4 Å². The second kappa shape index (κ2) is 12.5. The monoisotopic (exact) mass is 575 g/mol. The number of carbonyl (C=O) groups excluding carboxylic acids is 1. The lowest BCUT2D eigenvalue weighted by atomic mass is 10.1. The first-order chi connectivity index (χ1) is 20.0. The molecule has 2 aromatic carbocycles. The van der Waals surface area contributed by atoms with Gasteiger partial charge in [-0.3, -0.25) is 9.78 Å². The third-order valence-electron chi connectivity index (χ3n) is 6.14. The molecule has 41 heavy (non-hydrogen) atoms. The summed E-state index contributed by atoms with van der Waals surface area (Å²) in [5, 5.41) is 5.96. The molecule has 202 valence electrons. The minimum absolute atomic E-state index is 0.0777. The third-order valence-corrected chi connectivity index (χ3v) is 7.48. The lowest BCUT2D eigenvalue weighted by Gasteiger charge is -2.14. The van der Waals surface area contributed by atoms with Gasteiger partial charge in [0.2, 0.25) is 5.91 Å². The van der Waals surface area contributed by atoms with Gasteiger partial charge in [-0.2, -0.15) is 0 Å². The summed E-state index contributed by atoms with van der Waals surface area (Å²) in [7, 11) is 0. The van der Waals surface area contributed by atoms with Crippen molar-refractivity contribution in [3.05, 3.63) is 96.0 Å². The smallest absolute Gasteiger partial charge is 0.230 e. The lowest BCUT2D eigenvalue weighted by Crippen LogP contribution is -2.35. The fourth-order valence-electron chi connectivity index (χ4n) is 4.24. The number of rotatable bonds is 8. The number of aryl methyl sites for hydroxylation is 1. The average Bonchev–Trinajstić information content (AvgIpc) is 3.62. The molecule has 9 heteroatoms. The number of amides is 1. The van der Waals surface area contributed by atoms with Crippen LogP contribution in [0.3, 0.4) is 0 Å². The fourth-order valence-corrected chi connectivity index (χ4v) is 5.55. The number of imidazole rings is 1. The van der Waals surface area contributed by atoms with Crippen LogP contribution in [0.1, 0.15) is 30.5 Å². The van der Waals surface area contributed by atoms with Gasteiger partial charge in [-0.25, -0.2) is 4.98 Å². The van der Waals surface area contributed by atoms with Crippen LogP contribution in [0.15, 0.2) is 67.1 Å². The van der Waals surface area contributed by atoms with Crippen LogP contribution in [0, 0.1) is 24.5 Å². The van der Waals surface area contributed by atoms with Crippen LogP contribution in [0.5, 0.6) is 11.5 Å². The Bertz CT molecular complexity index is 1810. The summed E-state index contributed by atoms with van der Waals surface area (Å²) in [5.74, 6) is 4.55. The van der Waals surface area contributed by atoms with Gasteiger partial charge in [0.1, 0.15) is 17.3 Å². The molecule has 5 rings (SSSR count). The van der Waals surface area contributed by atoms with Gasteiger partial charge in [0.25, 0.3) is 0 Å². The van der Waals surface area contributed by atoms with E-state index < -0.39 is 0 Å². The average molecular weight is 576 g/mol. The first-order valence-corrected chi connectivity index (χ1v) is 14.0. The van der Waals surface area contributed by atoms with Gasteiger partial charge in [-0.05, 0) is 62.0 Å². The van der Waals surface area contributed by atoms with Crippen molar-refractivity contribution in [1.29, 1.82) is 0 Å². The Balaban J connectivity index is 1.32. The third kappa shape index (κ3) is 6.28. The molecular weight excluding hydrogens is 551 g/mol. The van der Waals surface area contributed by atoms with E-state index in [2.05, 4.69) is 50.1 Å². The Morgan fingerprint density at radius 1 is 1.20 bits per heavy atom. The molecule has 1 amide bonds. The van der Waals surface area contributed by atoms with Gasteiger partial charge in [-0.15, -0.1) is 17.8 Å². The van der Waals surface area contributed by atoms with Crippen LogP contribution in [0.25, 0.3) is 27.0 Å². The van der Waals surface area contributed by atoms with Crippen LogP contribution in [0.2, 0.25) is 0 Å². The summed E-state index contributed by atoms with van der Waals surface area (Å²) >= 11 is 6.98. The molecular formula is C32H25N5O2S2. The molecule has 5 aromatic rings. The maximum absolute atomic E-state index is 12.6. The number of aromatic nitrogens is 3. The van der Waals surface area contributed by atoms with E-state index in [1.807, 2.05) is 55.6 Å². The van der Waals surface area contributed by atoms with Crippen molar-refractivity contribution in [3.8, 4) is 34.5 Å². The zero-order chi connectivity index (χ0) is 28.8. The number of nitrogens with one attached hydrogen (secondary N) is 2. The molecule has 0 aliphatic carbocycles. The van der Waals surface area contributed by atoms with Crippen molar-refractivity contribution in [1.82, 2.24) is 19.9 Å². The molecule has 3 heterocycles. The van der Waals surface area contributed by atoms with Gasteiger partial charge in [0.05, 0.1) is 21.5 Å². The molecule has 2 N–H and O–H groups in total. The molecule has 0 fully saturated rings. The largest absolute Gasteiger partial charge is 0.455 e. The quantitative estimate of drug-likeness (QED) is 0.159. The molecule has 0 aliphatic rings. The molecule has 0 radical (unpaired) electrons. The number of anilines is 1. The molecule has 0 atom stereocenters. The first-order valence-electron chi connectivity index (χ1n) is 12.8. The Labute approximate surface area is 247 Å². The highest BCUT2D eigenvalue weighted by atomic mass is 32.1. The predicted octanol–water partition coefficient (Wildman–Crippen LogP) is 6.64. The zero-order valence-corrected chi connectivity index (χ0v) is 24.0. The predicted molar refractivity (Wildman–Crippen MR) is 168 cm³/mol. The maximum Gasteiger partial charge on any atom is 0.230 e.